The van der Waals surface area contributed by atoms with E-state index in [1.807, 2.05) is 37.4 Å². The number of nitrogens with one attached hydrogen (secondary N) is 4. The third-order valence-electron chi connectivity index (χ3n) is 2.67. The number of aromatic nitrogens is 2. The van der Waals surface area contributed by atoms with Crippen molar-refractivity contribution < 1.29 is 4.79 Å². The molecule has 0 aliphatic rings. The van der Waals surface area contributed by atoms with Gasteiger partial charge in [0, 0.05) is 25.7 Å². The van der Waals surface area contributed by atoms with Crippen molar-refractivity contribution in [3.8, 4) is 0 Å². The van der Waals surface area contributed by atoms with Crippen LogP contribution in [0, 0.1) is 6.92 Å². The molecule has 2 amide bonds. The fraction of sp³-hybridized carbons (Fsp3) is 0.357. The van der Waals surface area contributed by atoms with E-state index in [0.29, 0.717) is 18.9 Å². The van der Waals surface area contributed by atoms with Gasteiger partial charge in [-0.05, 0) is 31.4 Å². The van der Waals surface area contributed by atoms with E-state index in [9.17, 15) is 4.79 Å². The fourth-order valence-electron chi connectivity index (χ4n) is 1.80. The van der Waals surface area contributed by atoms with Crippen molar-refractivity contribution in [2.24, 2.45) is 0 Å². The second-order valence-electron chi connectivity index (χ2n) is 4.50. The van der Waals surface area contributed by atoms with Crippen LogP contribution in [0.25, 0.3) is 0 Å². The molecule has 2 heterocycles. The van der Waals surface area contributed by atoms with Gasteiger partial charge in [-0.2, -0.15) is 0 Å². The zero-order valence-electron chi connectivity index (χ0n) is 12.6. The minimum atomic E-state index is -0.212. The zero-order valence-corrected chi connectivity index (χ0v) is 13.5. The van der Waals surface area contributed by atoms with E-state index in [-0.39, 0.29) is 6.03 Å². The van der Waals surface area contributed by atoms with Gasteiger partial charge in [0.05, 0.1) is 5.00 Å². The lowest BCUT2D eigenvalue weighted by Gasteiger charge is -2.10. The molecule has 2 aromatic heterocycles. The topological polar surface area (TPSA) is 91.0 Å². The van der Waals surface area contributed by atoms with E-state index in [1.54, 1.807) is 0 Å². The minimum absolute atomic E-state index is 0.212. The number of aryl methyl sites for hydroxylation is 1. The highest BCUT2D eigenvalue weighted by atomic mass is 32.1. The largest absolute Gasteiger partial charge is 0.370 e. The zero-order chi connectivity index (χ0) is 15.8. The van der Waals surface area contributed by atoms with Crippen molar-refractivity contribution in [1.29, 1.82) is 0 Å². The van der Waals surface area contributed by atoms with Gasteiger partial charge in [-0.3, -0.25) is 5.32 Å². The molecule has 118 valence electrons. The molecule has 0 aliphatic carbocycles. The molecule has 4 N–H and O–H groups in total. The lowest BCUT2D eigenvalue weighted by Crippen LogP contribution is -2.32. The maximum absolute atomic E-state index is 11.6. The molecule has 7 nitrogen and oxygen atoms in total. The van der Waals surface area contributed by atoms with E-state index >= 15 is 0 Å². The van der Waals surface area contributed by atoms with Crippen molar-refractivity contribution in [2.45, 2.75) is 13.8 Å². The normalized spacial score (nSPS) is 10.1. The van der Waals surface area contributed by atoms with Gasteiger partial charge in [0.15, 0.2) is 0 Å². The summed E-state index contributed by atoms with van der Waals surface area (Å²) in [5.74, 6) is 2.23. The number of anilines is 3. The lowest BCUT2D eigenvalue weighted by molar-refractivity contribution is 0.252. The van der Waals surface area contributed by atoms with E-state index in [0.717, 1.165) is 23.2 Å². The molecule has 0 aromatic carbocycles. The summed E-state index contributed by atoms with van der Waals surface area (Å²) >= 11 is 1.48. The number of carbonyl (C=O) groups is 1. The molecule has 2 aromatic rings. The van der Waals surface area contributed by atoms with Crippen molar-refractivity contribution in [2.75, 3.05) is 35.6 Å². The summed E-state index contributed by atoms with van der Waals surface area (Å²) in [6.45, 7) is 5.75. The van der Waals surface area contributed by atoms with Crippen LogP contribution in [0.1, 0.15) is 12.7 Å². The Labute approximate surface area is 133 Å². The highest BCUT2D eigenvalue weighted by molar-refractivity contribution is 7.14. The summed E-state index contributed by atoms with van der Waals surface area (Å²) in [7, 11) is 0. The Morgan fingerprint density at radius 1 is 1.23 bits per heavy atom. The van der Waals surface area contributed by atoms with E-state index < -0.39 is 0 Å². The summed E-state index contributed by atoms with van der Waals surface area (Å²) in [6.07, 6.45) is 0. The molecule has 0 atom stereocenters. The molecule has 0 bridgehead atoms. The Kier molecular flexibility index (Phi) is 5.96. The third-order valence-corrected chi connectivity index (χ3v) is 3.46. The van der Waals surface area contributed by atoms with E-state index in [2.05, 4.69) is 31.2 Å². The number of rotatable bonds is 7. The van der Waals surface area contributed by atoms with Crippen molar-refractivity contribution >= 4 is 34.0 Å². The predicted molar refractivity (Wildman–Crippen MR) is 90.8 cm³/mol. The molecular weight excluding hydrogens is 300 g/mol. The van der Waals surface area contributed by atoms with Crippen molar-refractivity contribution in [1.82, 2.24) is 15.3 Å². The number of thiophene rings is 1. The van der Waals surface area contributed by atoms with E-state index in [1.165, 1.54) is 11.3 Å². The van der Waals surface area contributed by atoms with Crippen LogP contribution in [0.15, 0.2) is 23.6 Å². The van der Waals surface area contributed by atoms with Gasteiger partial charge in [-0.1, -0.05) is 0 Å². The minimum Gasteiger partial charge on any atom is -0.370 e. The third kappa shape index (κ3) is 5.21. The number of hydrogen-bond acceptors (Lipinski definition) is 6. The Balaban J connectivity index is 1.73. The molecule has 0 radical (unpaired) electrons. The molecule has 0 saturated carbocycles. The molecule has 2 rings (SSSR count). The maximum Gasteiger partial charge on any atom is 0.319 e. The smallest absolute Gasteiger partial charge is 0.319 e. The van der Waals surface area contributed by atoms with Gasteiger partial charge >= 0.3 is 6.03 Å². The molecule has 0 spiro atoms. The molecule has 0 fully saturated rings. The highest BCUT2D eigenvalue weighted by Gasteiger charge is 2.03. The summed E-state index contributed by atoms with van der Waals surface area (Å²) < 4.78 is 0. The van der Waals surface area contributed by atoms with Crippen LogP contribution >= 0.6 is 11.3 Å². The van der Waals surface area contributed by atoms with E-state index in [4.69, 9.17) is 0 Å². The van der Waals surface area contributed by atoms with Gasteiger partial charge in [0.1, 0.15) is 17.5 Å². The Morgan fingerprint density at radius 2 is 2.00 bits per heavy atom. The van der Waals surface area contributed by atoms with Crippen LogP contribution in [0.5, 0.6) is 0 Å². The van der Waals surface area contributed by atoms with Crippen molar-refractivity contribution in [3.05, 3.63) is 29.4 Å². The van der Waals surface area contributed by atoms with Gasteiger partial charge in [-0.25, -0.2) is 14.8 Å². The molecule has 8 heteroatoms. The first-order chi connectivity index (χ1) is 10.7. The maximum atomic E-state index is 11.6. The summed E-state index contributed by atoms with van der Waals surface area (Å²) in [6, 6.07) is 5.38. The van der Waals surface area contributed by atoms with Crippen LogP contribution in [0.3, 0.4) is 0 Å². The number of amides is 2. The molecule has 0 unspecified atom stereocenters. The summed E-state index contributed by atoms with van der Waals surface area (Å²) in [4.78, 5) is 20.2. The first-order valence-electron chi connectivity index (χ1n) is 7.09. The lowest BCUT2D eigenvalue weighted by atomic mass is 10.4. The van der Waals surface area contributed by atoms with Gasteiger partial charge < -0.3 is 16.0 Å². The molecule has 0 aliphatic heterocycles. The SMILES string of the molecule is CCNc1cc(NCCNC(=O)Nc2cccs2)nc(C)n1. The highest BCUT2D eigenvalue weighted by Crippen LogP contribution is 2.14. The fourth-order valence-corrected chi connectivity index (χ4v) is 2.41. The van der Waals surface area contributed by atoms with Crippen LogP contribution in [0.4, 0.5) is 21.4 Å². The van der Waals surface area contributed by atoms with Crippen LogP contribution in [0.2, 0.25) is 0 Å². The molecule has 22 heavy (non-hydrogen) atoms. The quantitative estimate of drug-likeness (QED) is 0.589. The second kappa shape index (κ2) is 8.18. The number of carbonyl (C=O) groups excluding carboxylic acids is 1. The van der Waals surface area contributed by atoms with Crippen LogP contribution in [-0.2, 0) is 0 Å². The Morgan fingerprint density at radius 3 is 2.68 bits per heavy atom. The standard InChI is InChI=1S/C14H20N6OS/c1-3-15-11-9-12(19-10(2)18-11)16-6-7-17-14(21)20-13-5-4-8-22-13/h4-5,8-9H,3,6-7H2,1-2H3,(H2,17,20,21)(H2,15,16,18,19). The van der Waals surface area contributed by atoms with Gasteiger partial charge in [-0.15, -0.1) is 11.3 Å². The molecule has 0 saturated heterocycles. The Hall–Kier alpha value is -2.35. The van der Waals surface area contributed by atoms with Crippen molar-refractivity contribution in [3.63, 3.8) is 0 Å². The van der Waals surface area contributed by atoms with Gasteiger partial charge in [0.2, 0.25) is 0 Å². The summed E-state index contributed by atoms with van der Waals surface area (Å²) in [5.41, 5.74) is 0. The van der Waals surface area contributed by atoms with Crippen LogP contribution in [-0.4, -0.2) is 35.6 Å². The Bertz CT molecular complexity index is 601. The van der Waals surface area contributed by atoms with Crippen LogP contribution < -0.4 is 21.3 Å². The predicted octanol–water partition coefficient (Wildman–Crippen LogP) is 2.51. The number of hydrogen-bond donors (Lipinski definition) is 4. The monoisotopic (exact) mass is 320 g/mol. The first kappa shape index (κ1) is 16.0. The first-order valence-corrected chi connectivity index (χ1v) is 7.97. The average Bonchev–Trinajstić information content (AvgIpc) is 2.96. The number of urea groups is 1. The number of nitrogens with zero attached hydrogens (tertiary/aromatic N) is 2. The summed E-state index contributed by atoms with van der Waals surface area (Å²) in [5, 5.41) is 14.6. The second-order valence-corrected chi connectivity index (χ2v) is 5.45. The van der Waals surface area contributed by atoms with Gasteiger partial charge in [0.25, 0.3) is 0 Å². The average molecular weight is 320 g/mol. The molecular formula is C14H20N6OS.